The number of benzene rings is 10. The first-order chi connectivity index (χ1) is 34.5. The second-order valence-corrected chi connectivity index (χ2v) is 19.9. The molecule has 16 rings (SSSR count). The average Bonchev–Trinajstić information content (AvgIpc) is 3.99. The fourth-order valence-corrected chi connectivity index (χ4v) is 13.2. The smallest absolute Gasteiger partial charge is 0.252 e. The summed E-state index contributed by atoms with van der Waals surface area (Å²) in [7, 11) is 0. The van der Waals surface area contributed by atoms with Gasteiger partial charge in [0, 0.05) is 56.0 Å². The van der Waals surface area contributed by atoms with Crippen LogP contribution in [0.15, 0.2) is 221 Å². The lowest BCUT2D eigenvalue weighted by molar-refractivity contribution is 0.646. The summed E-state index contributed by atoms with van der Waals surface area (Å²) in [6.07, 6.45) is 0. The molecule has 4 aliphatic heterocycles. The molecule has 0 saturated heterocycles. The second kappa shape index (κ2) is 13.7. The first-order valence-electron chi connectivity index (χ1n) is 24.4. The Morgan fingerprint density at radius 1 is 0.343 bits per heavy atom. The van der Waals surface area contributed by atoms with Crippen LogP contribution in [-0.2, 0) is 5.41 Å². The van der Waals surface area contributed by atoms with Crippen LogP contribution in [0.1, 0.15) is 25.0 Å². The number of hydrogen-bond acceptors (Lipinski definition) is 5. The van der Waals surface area contributed by atoms with Crippen LogP contribution in [0, 0.1) is 0 Å². The third-order valence-corrected chi connectivity index (χ3v) is 16.1. The molecule has 5 nitrogen and oxygen atoms in total. The topological polar surface area (TPSA) is 36.0 Å². The van der Waals surface area contributed by atoms with Gasteiger partial charge >= 0.3 is 0 Å². The second-order valence-electron chi connectivity index (χ2n) is 19.9. The lowest BCUT2D eigenvalue weighted by atomic mass is 9.28. The van der Waals surface area contributed by atoms with Gasteiger partial charge in [-0.25, -0.2) is 0 Å². The van der Waals surface area contributed by atoms with Gasteiger partial charge in [-0.2, -0.15) is 0 Å². The van der Waals surface area contributed by atoms with Crippen molar-refractivity contribution in [2.24, 2.45) is 0 Å². The van der Waals surface area contributed by atoms with E-state index in [-0.39, 0.29) is 18.8 Å². The van der Waals surface area contributed by atoms with E-state index in [1.165, 1.54) is 78.0 Å². The van der Waals surface area contributed by atoms with E-state index in [0.717, 1.165) is 60.9 Å². The van der Waals surface area contributed by atoms with E-state index in [1.54, 1.807) is 0 Å². The van der Waals surface area contributed by atoms with Crippen LogP contribution in [0.5, 0.6) is 0 Å². The summed E-state index contributed by atoms with van der Waals surface area (Å²) in [5.74, 6) is 0. The van der Waals surface area contributed by atoms with Crippen LogP contribution in [0.25, 0.3) is 43.9 Å². The maximum Gasteiger partial charge on any atom is 0.252 e. The summed E-state index contributed by atoms with van der Waals surface area (Å²) in [5.41, 5.74) is 24.3. The van der Waals surface area contributed by atoms with E-state index in [4.69, 9.17) is 8.83 Å². The van der Waals surface area contributed by atoms with E-state index in [2.05, 4.69) is 241 Å². The van der Waals surface area contributed by atoms with Crippen LogP contribution in [0.4, 0.5) is 51.2 Å². The Kier molecular flexibility index (Phi) is 7.52. The fraction of sp³-hybridized carbons (Fsp3) is 0.0476. The third kappa shape index (κ3) is 4.88. The van der Waals surface area contributed by atoms with Crippen LogP contribution in [0.3, 0.4) is 0 Å². The molecule has 6 heterocycles. The molecule has 326 valence electrons. The monoisotopic (exact) mass is 893 g/mol. The Hall–Kier alpha value is -8.67. The highest BCUT2D eigenvalue weighted by atomic mass is 16.3. The van der Waals surface area contributed by atoms with Crippen molar-refractivity contribution in [2.45, 2.75) is 19.3 Å². The molecular formula is C63H41B2N3O2. The summed E-state index contributed by atoms with van der Waals surface area (Å²) in [6.45, 7) is 4.73. The molecule has 0 spiro atoms. The highest BCUT2D eigenvalue weighted by Crippen LogP contribution is 2.50. The molecule has 0 N–H and O–H groups in total. The molecule has 2 aromatic heterocycles. The van der Waals surface area contributed by atoms with Crippen molar-refractivity contribution in [3.05, 3.63) is 223 Å². The maximum absolute atomic E-state index is 6.70. The Labute approximate surface area is 405 Å². The minimum Gasteiger partial charge on any atom is -0.456 e. The van der Waals surface area contributed by atoms with Gasteiger partial charge in [0.15, 0.2) is 0 Å². The summed E-state index contributed by atoms with van der Waals surface area (Å²) in [5, 5.41) is 4.52. The van der Waals surface area contributed by atoms with E-state index in [1.807, 2.05) is 0 Å². The summed E-state index contributed by atoms with van der Waals surface area (Å²) < 4.78 is 13.4. The number of furan rings is 2. The molecule has 0 saturated carbocycles. The first kappa shape index (κ1) is 38.3. The molecule has 0 atom stereocenters. The minimum atomic E-state index is -0.348. The Balaban J connectivity index is 1.04. The average molecular weight is 894 g/mol. The highest BCUT2D eigenvalue weighted by Gasteiger charge is 2.50. The molecule has 70 heavy (non-hydrogen) atoms. The molecule has 0 unspecified atom stereocenters. The summed E-state index contributed by atoms with van der Waals surface area (Å²) in [6, 6.07) is 78.1. The number of hydrogen-bond donors (Lipinski definition) is 0. The van der Waals surface area contributed by atoms with Gasteiger partial charge < -0.3 is 23.5 Å². The number of para-hydroxylation sites is 5. The quantitative estimate of drug-likeness (QED) is 0.165. The molecule has 10 aromatic carbocycles. The molecule has 12 aromatic rings. The van der Waals surface area contributed by atoms with Crippen molar-refractivity contribution in [1.82, 2.24) is 0 Å². The molecule has 0 aliphatic carbocycles. The van der Waals surface area contributed by atoms with Crippen LogP contribution < -0.4 is 47.5 Å². The van der Waals surface area contributed by atoms with Crippen molar-refractivity contribution in [1.29, 1.82) is 0 Å². The van der Waals surface area contributed by atoms with Crippen molar-refractivity contribution >= 4 is 141 Å². The largest absolute Gasteiger partial charge is 0.456 e. The van der Waals surface area contributed by atoms with Gasteiger partial charge in [-0.1, -0.05) is 147 Å². The lowest BCUT2D eigenvalue weighted by Gasteiger charge is -2.48. The molecule has 0 amide bonds. The predicted octanol–water partition coefficient (Wildman–Crippen LogP) is 12.5. The highest BCUT2D eigenvalue weighted by molar-refractivity contribution is 7.02. The zero-order chi connectivity index (χ0) is 46.0. The van der Waals surface area contributed by atoms with Gasteiger partial charge in [-0.15, -0.1) is 0 Å². The summed E-state index contributed by atoms with van der Waals surface area (Å²) in [4.78, 5) is 7.56. The van der Waals surface area contributed by atoms with E-state index >= 15 is 0 Å². The van der Waals surface area contributed by atoms with Gasteiger partial charge in [0.05, 0.1) is 22.1 Å². The molecule has 4 aliphatic rings. The zero-order valence-electron chi connectivity index (χ0n) is 38.5. The number of nitrogens with zero attached hydrogens (tertiary/aromatic N) is 3. The van der Waals surface area contributed by atoms with Gasteiger partial charge in [0.1, 0.15) is 22.3 Å². The van der Waals surface area contributed by atoms with Crippen LogP contribution in [0.2, 0.25) is 0 Å². The number of rotatable bonds is 3. The third-order valence-electron chi connectivity index (χ3n) is 16.1. The lowest BCUT2D eigenvalue weighted by Crippen LogP contribution is -2.67. The molecule has 0 radical (unpaired) electrons. The van der Waals surface area contributed by atoms with E-state index in [9.17, 15) is 0 Å². The molecule has 7 heteroatoms. The first-order valence-corrected chi connectivity index (χ1v) is 24.4. The van der Waals surface area contributed by atoms with Crippen molar-refractivity contribution < 1.29 is 8.83 Å². The van der Waals surface area contributed by atoms with E-state index < -0.39 is 0 Å². The SMILES string of the molecule is CC1(C)c2cc3c(cc2B2c4ccc5oc6ccccc6c5c4N(c4ccccc4)c4cccc1c42)B1c2ccc4oc5ccccc5c4c2N(c2ccccc2)c2cccc(c21)N3c1ccccc1. The zero-order valence-corrected chi connectivity index (χ0v) is 38.5. The normalized spacial score (nSPS) is 14.7. The van der Waals surface area contributed by atoms with Crippen molar-refractivity contribution in [2.75, 3.05) is 14.7 Å². The van der Waals surface area contributed by atoms with Crippen molar-refractivity contribution in [3.63, 3.8) is 0 Å². The van der Waals surface area contributed by atoms with Gasteiger partial charge in [0.25, 0.3) is 6.71 Å². The maximum atomic E-state index is 6.70. The van der Waals surface area contributed by atoms with Crippen LogP contribution in [-0.4, -0.2) is 13.4 Å². The van der Waals surface area contributed by atoms with Crippen LogP contribution >= 0.6 is 0 Å². The number of fused-ring (bicyclic) bond motifs is 16. The van der Waals surface area contributed by atoms with Gasteiger partial charge in [0.2, 0.25) is 6.71 Å². The molecule has 0 bridgehead atoms. The van der Waals surface area contributed by atoms with Gasteiger partial charge in [-0.05, 0) is 123 Å². The fourth-order valence-electron chi connectivity index (χ4n) is 13.2. The van der Waals surface area contributed by atoms with E-state index in [0.29, 0.717) is 0 Å². The Bertz CT molecular complexity index is 4200. The Morgan fingerprint density at radius 2 is 0.800 bits per heavy atom. The van der Waals surface area contributed by atoms with Gasteiger partial charge in [-0.3, -0.25) is 0 Å². The standard InChI is InChI=1S/C63H41B2N3O2/c1-63(2)43-26-16-27-49-59(43)64(45-32-34-55-57(41-24-12-14-30-53(41)69-55)61(45)67(49)39-20-8-4-9-21-39)47-37-48-52(36-44(47)63)66(38-18-6-3-7-19-38)50-28-17-29-51-60(50)65(48)46-33-35-56-58(42-25-13-15-31-54(42)70-56)62(46)68(51)40-22-10-5-11-23-40/h3-37H,1-2H3. The summed E-state index contributed by atoms with van der Waals surface area (Å²) >= 11 is 0. The van der Waals surface area contributed by atoms with Crippen molar-refractivity contribution in [3.8, 4) is 0 Å². The minimum absolute atomic E-state index is 0.0569. The Morgan fingerprint density at radius 3 is 1.36 bits per heavy atom. The number of anilines is 9. The predicted molar refractivity (Wildman–Crippen MR) is 293 cm³/mol. The molecule has 0 fully saturated rings. The molecular weight excluding hydrogens is 852 g/mol.